The summed E-state index contributed by atoms with van der Waals surface area (Å²) in [5, 5.41) is 17.6. The van der Waals surface area contributed by atoms with Gasteiger partial charge in [-0.25, -0.2) is 4.79 Å². The summed E-state index contributed by atoms with van der Waals surface area (Å²) in [6, 6.07) is 0. The molecule has 0 saturated carbocycles. The zero-order valence-electron chi connectivity index (χ0n) is 20.9. The molecule has 0 aromatic carbocycles. The maximum atomic E-state index is 10.2. The minimum Gasteiger partial charge on any atom is -0.472 e. The van der Waals surface area contributed by atoms with E-state index in [4.69, 9.17) is 11.5 Å². The number of aliphatic hydroxyl groups excluding tert-OH is 1. The molecule has 0 aromatic rings. The molecule has 3 nitrogen and oxygen atoms in total. The number of rotatable bonds is 19. The summed E-state index contributed by atoms with van der Waals surface area (Å²) in [4.78, 5) is 10.2. The smallest absolute Gasteiger partial charge is 0.382 e. The van der Waals surface area contributed by atoms with Gasteiger partial charge in [0.05, 0.1) is 0 Å². The Hall–Kier alpha value is -2.67. The van der Waals surface area contributed by atoms with Crippen LogP contribution in [0.3, 0.4) is 0 Å². The van der Waals surface area contributed by atoms with Crippen LogP contribution in [0.25, 0.3) is 0 Å². The third-order valence-corrected chi connectivity index (χ3v) is 5.30. The number of terminal acetylenes is 1. The van der Waals surface area contributed by atoms with Gasteiger partial charge in [0.15, 0.2) is 0 Å². The maximum Gasteiger partial charge on any atom is 0.382 e. The SMILES string of the molecule is C#C[C@H](O)/C=C/CCCCCCC#CC/C=C\CCCCCCCCCC/C=C\C#CC(=O)O. The molecular formula is C31H44O3. The molecule has 0 saturated heterocycles. The van der Waals surface area contributed by atoms with Crippen molar-refractivity contribution in [3.05, 3.63) is 36.5 Å². The van der Waals surface area contributed by atoms with Crippen molar-refractivity contribution in [1.29, 1.82) is 0 Å². The lowest BCUT2D eigenvalue weighted by molar-refractivity contribution is -0.130. The zero-order chi connectivity index (χ0) is 25.0. The van der Waals surface area contributed by atoms with Crippen molar-refractivity contribution in [2.45, 2.75) is 115 Å². The lowest BCUT2D eigenvalue weighted by Gasteiger charge is -2.00. The first kappa shape index (κ1) is 31.3. The van der Waals surface area contributed by atoms with Crippen molar-refractivity contribution in [3.63, 3.8) is 0 Å². The fourth-order valence-corrected chi connectivity index (χ4v) is 3.36. The van der Waals surface area contributed by atoms with E-state index in [1.807, 2.05) is 12.2 Å². The van der Waals surface area contributed by atoms with Gasteiger partial charge >= 0.3 is 5.97 Å². The average molecular weight is 465 g/mol. The third kappa shape index (κ3) is 27.4. The molecule has 0 aromatic heterocycles. The minimum atomic E-state index is -1.08. The number of carbonyl (C=O) groups is 1. The highest BCUT2D eigenvalue weighted by molar-refractivity contribution is 5.86. The van der Waals surface area contributed by atoms with Crippen LogP contribution in [0.15, 0.2) is 36.5 Å². The summed E-state index contributed by atoms with van der Waals surface area (Å²) in [6.45, 7) is 0. The molecule has 0 aliphatic rings. The Bertz CT molecular complexity index is 744. The van der Waals surface area contributed by atoms with E-state index in [1.54, 1.807) is 12.2 Å². The third-order valence-electron chi connectivity index (χ3n) is 5.30. The van der Waals surface area contributed by atoms with Crippen LogP contribution in [0.4, 0.5) is 0 Å². The van der Waals surface area contributed by atoms with E-state index in [2.05, 4.69) is 41.8 Å². The predicted octanol–water partition coefficient (Wildman–Crippen LogP) is 7.37. The van der Waals surface area contributed by atoms with Crippen molar-refractivity contribution < 1.29 is 15.0 Å². The normalized spacial score (nSPS) is 11.8. The summed E-state index contributed by atoms with van der Waals surface area (Å²) in [7, 11) is 0. The second kappa shape index (κ2) is 26.6. The van der Waals surface area contributed by atoms with Crippen LogP contribution in [0.1, 0.15) is 109 Å². The van der Waals surface area contributed by atoms with Crippen molar-refractivity contribution in [1.82, 2.24) is 0 Å². The quantitative estimate of drug-likeness (QED) is 0.119. The van der Waals surface area contributed by atoms with Gasteiger partial charge in [-0.1, -0.05) is 93.4 Å². The fraction of sp³-hybridized carbons (Fsp3) is 0.581. The lowest BCUT2D eigenvalue weighted by Crippen LogP contribution is -1.95. The Kier molecular flexibility index (Phi) is 24.5. The van der Waals surface area contributed by atoms with E-state index in [-0.39, 0.29) is 0 Å². The molecule has 186 valence electrons. The van der Waals surface area contributed by atoms with E-state index in [0.717, 1.165) is 51.4 Å². The highest BCUT2D eigenvalue weighted by Gasteiger charge is 1.92. The monoisotopic (exact) mass is 464 g/mol. The van der Waals surface area contributed by atoms with E-state index in [9.17, 15) is 9.90 Å². The number of hydrogen-bond donors (Lipinski definition) is 2. The first-order valence-corrected chi connectivity index (χ1v) is 13.0. The fourth-order valence-electron chi connectivity index (χ4n) is 3.36. The summed E-state index contributed by atoms with van der Waals surface area (Å²) < 4.78 is 0. The molecule has 0 rings (SSSR count). The standard InChI is InChI=1S/C31H44O3/c1-2-30(32)28-26-24-22-20-18-16-14-12-10-8-6-4-3-5-7-9-11-13-15-17-19-21-23-25-27-29-31(33)34/h1,4,6,23,25-26,28,30,32H,3,5,7-9,11,13-22,24H2,(H,33,34)/b6-4-,25-23-,28-26+/t30-/m0/s1. The number of hydrogen-bond acceptors (Lipinski definition) is 2. The Morgan fingerprint density at radius 3 is 1.91 bits per heavy atom. The molecule has 0 aliphatic carbocycles. The zero-order valence-corrected chi connectivity index (χ0v) is 20.9. The van der Waals surface area contributed by atoms with Gasteiger partial charge in [-0.15, -0.1) is 12.3 Å². The number of carboxylic acid groups (broad SMARTS) is 1. The number of aliphatic hydroxyl groups is 1. The summed E-state index contributed by atoms with van der Waals surface area (Å²) in [5.74, 6) is 12.3. The minimum absolute atomic E-state index is 0.743. The van der Waals surface area contributed by atoms with Gasteiger partial charge in [0.2, 0.25) is 0 Å². The van der Waals surface area contributed by atoms with E-state index >= 15 is 0 Å². The topological polar surface area (TPSA) is 57.5 Å². The molecule has 0 spiro atoms. The van der Waals surface area contributed by atoms with Crippen LogP contribution < -0.4 is 0 Å². The van der Waals surface area contributed by atoms with E-state index in [0.29, 0.717) is 0 Å². The van der Waals surface area contributed by atoms with Gasteiger partial charge in [0, 0.05) is 18.8 Å². The molecule has 34 heavy (non-hydrogen) atoms. The van der Waals surface area contributed by atoms with Crippen LogP contribution in [0, 0.1) is 36.0 Å². The number of allylic oxidation sites excluding steroid dienone is 5. The average Bonchev–Trinajstić information content (AvgIpc) is 2.83. The summed E-state index contributed by atoms with van der Waals surface area (Å²) in [6.07, 6.45) is 35.9. The Morgan fingerprint density at radius 1 is 0.735 bits per heavy atom. The van der Waals surface area contributed by atoms with Crippen molar-refractivity contribution in [3.8, 4) is 36.0 Å². The molecule has 0 aliphatic heterocycles. The van der Waals surface area contributed by atoms with Crippen molar-refractivity contribution in [2.75, 3.05) is 0 Å². The second-order valence-electron chi connectivity index (χ2n) is 8.40. The van der Waals surface area contributed by atoms with Crippen molar-refractivity contribution in [2.24, 2.45) is 0 Å². The Labute approximate surface area is 208 Å². The van der Waals surface area contributed by atoms with Gasteiger partial charge in [-0.3, -0.25) is 0 Å². The first-order valence-electron chi connectivity index (χ1n) is 13.0. The van der Waals surface area contributed by atoms with Gasteiger partial charge in [0.1, 0.15) is 6.10 Å². The summed E-state index contributed by atoms with van der Waals surface area (Å²) in [5.41, 5.74) is 0. The highest BCUT2D eigenvalue weighted by Crippen LogP contribution is 2.11. The van der Waals surface area contributed by atoms with Crippen LogP contribution >= 0.6 is 0 Å². The maximum absolute atomic E-state index is 10.2. The molecule has 0 heterocycles. The largest absolute Gasteiger partial charge is 0.472 e. The lowest BCUT2D eigenvalue weighted by atomic mass is 10.1. The number of unbranched alkanes of at least 4 members (excludes halogenated alkanes) is 14. The Morgan fingerprint density at radius 2 is 1.29 bits per heavy atom. The summed E-state index contributed by atoms with van der Waals surface area (Å²) >= 11 is 0. The van der Waals surface area contributed by atoms with Crippen LogP contribution in [0.5, 0.6) is 0 Å². The molecular weight excluding hydrogens is 420 g/mol. The molecule has 3 heteroatoms. The Balaban J connectivity index is 3.33. The van der Waals surface area contributed by atoms with Crippen LogP contribution in [0.2, 0.25) is 0 Å². The van der Waals surface area contributed by atoms with Gasteiger partial charge in [-0.2, -0.15) is 0 Å². The predicted molar refractivity (Wildman–Crippen MR) is 144 cm³/mol. The molecule has 2 N–H and O–H groups in total. The molecule has 0 fully saturated rings. The van der Waals surface area contributed by atoms with E-state index < -0.39 is 12.1 Å². The first-order chi connectivity index (χ1) is 16.7. The second-order valence-corrected chi connectivity index (χ2v) is 8.40. The van der Waals surface area contributed by atoms with Gasteiger partial charge in [-0.05, 0) is 57.1 Å². The van der Waals surface area contributed by atoms with Crippen LogP contribution in [-0.4, -0.2) is 22.3 Å². The molecule has 0 amide bonds. The molecule has 0 unspecified atom stereocenters. The van der Waals surface area contributed by atoms with E-state index in [1.165, 1.54) is 57.8 Å². The number of carboxylic acids is 1. The molecule has 1 atom stereocenters. The molecule has 0 radical (unpaired) electrons. The van der Waals surface area contributed by atoms with Crippen molar-refractivity contribution >= 4 is 5.97 Å². The highest BCUT2D eigenvalue weighted by atomic mass is 16.4. The van der Waals surface area contributed by atoms with Gasteiger partial charge in [0.25, 0.3) is 0 Å². The van der Waals surface area contributed by atoms with Gasteiger partial charge < -0.3 is 10.2 Å². The number of aliphatic carboxylic acids is 1. The van der Waals surface area contributed by atoms with Crippen LogP contribution in [-0.2, 0) is 4.79 Å². The molecule has 0 bridgehead atoms.